The molecular weight excluding hydrogens is 332 g/mol. The molecule has 0 saturated carbocycles. The van der Waals surface area contributed by atoms with Crippen molar-refractivity contribution in [2.75, 3.05) is 12.4 Å². The van der Waals surface area contributed by atoms with Crippen molar-refractivity contribution in [1.29, 1.82) is 0 Å². The van der Waals surface area contributed by atoms with Crippen LogP contribution in [0, 0.1) is 6.92 Å². The van der Waals surface area contributed by atoms with Gasteiger partial charge in [-0.1, -0.05) is 6.07 Å². The van der Waals surface area contributed by atoms with Crippen LogP contribution in [0.3, 0.4) is 0 Å². The maximum Gasteiger partial charge on any atom is 0.337 e. The summed E-state index contributed by atoms with van der Waals surface area (Å²) in [6, 6.07) is 10.3. The minimum absolute atomic E-state index is 0.141. The molecule has 0 fully saturated rings. The average molecular weight is 348 g/mol. The molecule has 3 N–H and O–H groups in total. The molecule has 0 heterocycles. The van der Waals surface area contributed by atoms with Gasteiger partial charge in [-0.2, -0.15) is 0 Å². The van der Waals surface area contributed by atoms with E-state index in [1.54, 1.807) is 25.1 Å². The van der Waals surface area contributed by atoms with Crippen molar-refractivity contribution < 1.29 is 22.7 Å². The fourth-order valence-electron chi connectivity index (χ4n) is 2.09. The Morgan fingerprint density at radius 2 is 1.79 bits per heavy atom. The zero-order valence-electron chi connectivity index (χ0n) is 13.1. The molecule has 0 aliphatic rings. The topological polar surface area (TPSA) is 116 Å². The summed E-state index contributed by atoms with van der Waals surface area (Å²) in [6.45, 7) is 1.66. The summed E-state index contributed by atoms with van der Waals surface area (Å²) >= 11 is 0. The number of ether oxygens (including phenoxy) is 1. The van der Waals surface area contributed by atoms with Gasteiger partial charge in [0.25, 0.3) is 5.91 Å². The number of primary sulfonamides is 1. The van der Waals surface area contributed by atoms with Gasteiger partial charge in [-0.05, 0) is 48.9 Å². The van der Waals surface area contributed by atoms with Crippen molar-refractivity contribution in [3.63, 3.8) is 0 Å². The van der Waals surface area contributed by atoms with Crippen LogP contribution in [0.4, 0.5) is 5.69 Å². The number of benzene rings is 2. The maximum atomic E-state index is 12.3. The summed E-state index contributed by atoms with van der Waals surface area (Å²) in [5, 5.41) is 7.71. The second-order valence-corrected chi connectivity index (χ2v) is 6.67. The van der Waals surface area contributed by atoms with E-state index in [0.717, 1.165) is 0 Å². The van der Waals surface area contributed by atoms with Crippen molar-refractivity contribution in [3.05, 3.63) is 59.2 Å². The van der Waals surface area contributed by atoms with Crippen LogP contribution in [-0.4, -0.2) is 27.4 Å². The van der Waals surface area contributed by atoms with Crippen LogP contribution in [0.5, 0.6) is 0 Å². The number of nitrogens with two attached hydrogens (primary N) is 1. The number of carbonyl (C=O) groups is 2. The molecule has 0 aromatic heterocycles. The van der Waals surface area contributed by atoms with E-state index >= 15 is 0 Å². The first kappa shape index (κ1) is 17.6. The summed E-state index contributed by atoms with van der Waals surface area (Å²) in [6.07, 6.45) is 0. The van der Waals surface area contributed by atoms with E-state index in [9.17, 15) is 18.0 Å². The Morgan fingerprint density at radius 3 is 2.42 bits per heavy atom. The molecular formula is C16H16N2O5S. The molecule has 0 saturated heterocycles. The van der Waals surface area contributed by atoms with Crippen LogP contribution in [0.1, 0.15) is 26.3 Å². The molecule has 0 aliphatic heterocycles. The van der Waals surface area contributed by atoms with Gasteiger partial charge in [0, 0.05) is 11.3 Å². The Hall–Kier alpha value is -2.71. The number of esters is 1. The monoisotopic (exact) mass is 348 g/mol. The highest BCUT2D eigenvalue weighted by molar-refractivity contribution is 7.89. The number of carbonyl (C=O) groups excluding carboxylic acids is 2. The molecule has 0 atom stereocenters. The van der Waals surface area contributed by atoms with Crippen molar-refractivity contribution in [1.82, 2.24) is 0 Å². The summed E-state index contributed by atoms with van der Waals surface area (Å²) in [7, 11) is -2.66. The average Bonchev–Trinajstić information content (AvgIpc) is 2.53. The second-order valence-electron chi connectivity index (χ2n) is 5.11. The number of aryl methyl sites for hydroxylation is 1. The van der Waals surface area contributed by atoms with E-state index < -0.39 is 21.9 Å². The standard InChI is InChI=1S/C16H16N2O5S/c1-10-6-12(9-14(7-10)24(17,21)22)15(19)18-13-5-3-4-11(8-13)16(20)23-2/h3-9H,1-2H3,(H,18,19)(H2,17,21,22). The highest BCUT2D eigenvalue weighted by Crippen LogP contribution is 2.17. The molecule has 0 spiro atoms. The second kappa shape index (κ2) is 6.81. The molecule has 24 heavy (non-hydrogen) atoms. The molecule has 1 amide bonds. The number of amides is 1. The molecule has 2 aromatic rings. The molecule has 8 heteroatoms. The zero-order valence-corrected chi connectivity index (χ0v) is 13.9. The van der Waals surface area contributed by atoms with Crippen LogP contribution in [0.2, 0.25) is 0 Å². The number of rotatable bonds is 4. The Kier molecular flexibility index (Phi) is 5.01. The highest BCUT2D eigenvalue weighted by Gasteiger charge is 2.14. The molecule has 0 aliphatic carbocycles. The van der Waals surface area contributed by atoms with Gasteiger partial charge in [-0.3, -0.25) is 4.79 Å². The first-order valence-corrected chi connectivity index (χ1v) is 8.39. The van der Waals surface area contributed by atoms with Gasteiger partial charge < -0.3 is 10.1 Å². The van der Waals surface area contributed by atoms with E-state index in [-0.39, 0.29) is 16.0 Å². The lowest BCUT2D eigenvalue weighted by molar-refractivity contribution is 0.0600. The Bertz CT molecular complexity index is 906. The number of methoxy groups -OCH3 is 1. The number of nitrogens with one attached hydrogen (secondary N) is 1. The largest absolute Gasteiger partial charge is 0.465 e. The van der Waals surface area contributed by atoms with Gasteiger partial charge in [0.2, 0.25) is 10.0 Å². The predicted octanol–water partition coefficient (Wildman–Crippen LogP) is 1.68. The molecule has 0 bridgehead atoms. The van der Waals surface area contributed by atoms with Crippen molar-refractivity contribution in [3.8, 4) is 0 Å². The van der Waals surface area contributed by atoms with Crippen LogP contribution in [0.25, 0.3) is 0 Å². The van der Waals surface area contributed by atoms with E-state index in [1.165, 1.54) is 31.4 Å². The van der Waals surface area contributed by atoms with Gasteiger partial charge in [0.15, 0.2) is 0 Å². The third kappa shape index (κ3) is 4.18. The Balaban J connectivity index is 2.31. The number of hydrogen-bond donors (Lipinski definition) is 2. The predicted molar refractivity (Wildman–Crippen MR) is 88.3 cm³/mol. The fourth-order valence-corrected chi connectivity index (χ4v) is 2.73. The van der Waals surface area contributed by atoms with Gasteiger partial charge in [0.1, 0.15) is 0 Å². The van der Waals surface area contributed by atoms with Gasteiger partial charge in [0.05, 0.1) is 17.6 Å². The lowest BCUT2D eigenvalue weighted by atomic mass is 10.1. The van der Waals surface area contributed by atoms with Gasteiger partial charge >= 0.3 is 5.97 Å². The fraction of sp³-hybridized carbons (Fsp3) is 0.125. The van der Waals surface area contributed by atoms with E-state index in [1.807, 2.05) is 0 Å². The van der Waals surface area contributed by atoms with E-state index in [2.05, 4.69) is 10.1 Å². The summed E-state index contributed by atoms with van der Waals surface area (Å²) in [4.78, 5) is 23.7. The van der Waals surface area contributed by atoms with Gasteiger partial charge in [-0.15, -0.1) is 0 Å². The molecule has 2 aromatic carbocycles. The number of hydrogen-bond acceptors (Lipinski definition) is 5. The third-order valence-electron chi connectivity index (χ3n) is 3.18. The number of sulfonamides is 1. The highest BCUT2D eigenvalue weighted by atomic mass is 32.2. The summed E-state index contributed by atoms with van der Waals surface area (Å²) < 4.78 is 27.5. The van der Waals surface area contributed by atoms with Crippen LogP contribution < -0.4 is 10.5 Å². The van der Waals surface area contributed by atoms with Crippen molar-refractivity contribution >= 4 is 27.6 Å². The minimum Gasteiger partial charge on any atom is -0.465 e. The normalized spacial score (nSPS) is 11.0. The summed E-state index contributed by atoms with van der Waals surface area (Å²) in [5.41, 5.74) is 1.38. The Morgan fingerprint density at radius 1 is 1.08 bits per heavy atom. The third-order valence-corrected chi connectivity index (χ3v) is 4.08. The smallest absolute Gasteiger partial charge is 0.337 e. The van der Waals surface area contributed by atoms with Crippen LogP contribution >= 0.6 is 0 Å². The van der Waals surface area contributed by atoms with Crippen LogP contribution in [0.15, 0.2) is 47.4 Å². The molecule has 2 rings (SSSR count). The minimum atomic E-state index is -3.92. The Labute approximate surface area is 139 Å². The van der Waals surface area contributed by atoms with Crippen molar-refractivity contribution in [2.24, 2.45) is 5.14 Å². The lowest BCUT2D eigenvalue weighted by Gasteiger charge is -2.09. The first-order valence-electron chi connectivity index (χ1n) is 6.85. The van der Waals surface area contributed by atoms with E-state index in [4.69, 9.17) is 5.14 Å². The molecule has 126 valence electrons. The maximum absolute atomic E-state index is 12.3. The zero-order chi connectivity index (χ0) is 17.9. The molecule has 0 radical (unpaired) electrons. The van der Waals surface area contributed by atoms with Gasteiger partial charge in [-0.25, -0.2) is 18.4 Å². The number of anilines is 1. The van der Waals surface area contributed by atoms with Crippen LogP contribution in [-0.2, 0) is 14.8 Å². The summed E-state index contributed by atoms with van der Waals surface area (Å²) in [5.74, 6) is -1.05. The molecule has 7 nitrogen and oxygen atoms in total. The van der Waals surface area contributed by atoms with Crippen molar-refractivity contribution in [2.45, 2.75) is 11.8 Å². The SMILES string of the molecule is COC(=O)c1cccc(NC(=O)c2cc(C)cc(S(N)(=O)=O)c2)c1. The first-order chi connectivity index (χ1) is 11.2. The quantitative estimate of drug-likeness (QED) is 0.816. The molecule has 0 unspecified atom stereocenters. The van der Waals surface area contributed by atoms with E-state index in [0.29, 0.717) is 11.3 Å². The lowest BCUT2D eigenvalue weighted by Crippen LogP contribution is -2.16.